The number of nitrogens with zero attached hydrogens (tertiary/aromatic N) is 2. The van der Waals surface area contributed by atoms with Crippen LogP contribution >= 0.6 is 0 Å². The molecule has 3 rings (SSSR count). The molecule has 2 aromatic rings. The summed E-state index contributed by atoms with van der Waals surface area (Å²) in [5.74, 6) is 1.20. The summed E-state index contributed by atoms with van der Waals surface area (Å²) >= 11 is 0. The van der Waals surface area contributed by atoms with Crippen molar-refractivity contribution in [2.75, 3.05) is 0 Å². The molecule has 0 saturated heterocycles. The Hall–Kier alpha value is -2.95. The molecule has 0 saturated carbocycles. The molecule has 170 valence electrons. The monoisotopic (exact) mass is 433 g/mol. The van der Waals surface area contributed by atoms with Gasteiger partial charge in [0.1, 0.15) is 11.3 Å². The van der Waals surface area contributed by atoms with Gasteiger partial charge in [-0.2, -0.15) is 0 Å². The van der Waals surface area contributed by atoms with Gasteiger partial charge in [0, 0.05) is 12.8 Å². The minimum Gasteiger partial charge on any atom is -0.369 e. The van der Waals surface area contributed by atoms with Gasteiger partial charge in [-0.05, 0) is 47.4 Å². The number of benzene rings is 2. The van der Waals surface area contributed by atoms with E-state index in [9.17, 15) is 9.59 Å². The first-order valence-electron chi connectivity index (χ1n) is 11.4. The molecular formula is C27H35N3O2. The molecule has 1 aliphatic heterocycles. The number of ketones is 1. The van der Waals surface area contributed by atoms with Crippen molar-refractivity contribution < 1.29 is 9.59 Å². The van der Waals surface area contributed by atoms with E-state index in [1.165, 1.54) is 5.56 Å². The summed E-state index contributed by atoms with van der Waals surface area (Å²) in [5, 5.41) is 0. The van der Waals surface area contributed by atoms with E-state index in [-0.39, 0.29) is 17.6 Å². The second-order valence-corrected chi connectivity index (χ2v) is 9.84. The lowest BCUT2D eigenvalue weighted by molar-refractivity contribution is -0.131. The van der Waals surface area contributed by atoms with Crippen molar-refractivity contribution in [2.24, 2.45) is 16.6 Å². The summed E-state index contributed by atoms with van der Waals surface area (Å²) in [4.78, 5) is 31.7. The summed E-state index contributed by atoms with van der Waals surface area (Å²) in [5.41, 5.74) is 9.50. The molecule has 0 aliphatic carbocycles. The number of amides is 1. The number of aliphatic imine (C=N–C) groups is 1. The van der Waals surface area contributed by atoms with E-state index in [1.807, 2.05) is 43.3 Å². The first-order chi connectivity index (χ1) is 15.1. The van der Waals surface area contributed by atoms with Crippen molar-refractivity contribution in [1.82, 2.24) is 4.90 Å². The van der Waals surface area contributed by atoms with E-state index >= 15 is 0 Å². The van der Waals surface area contributed by atoms with E-state index in [2.05, 4.69) is 44.8 Å². The molecular weight excluding hydrogens is 398 g/mol. The normalized spacial score (nSPS) is 18.5. The first-order valence-corrected chi connectivity index (χ1v) is 11.4. The number of nitrogens with two attached hydrogens (primary N) is 1. The van der Waals surface area contributed by atoms with Crippen LogP contribution in [0.25, 0.3) is 0 Å². The van der Waals surface area contributed by atoms with Gasteiger partial charge in [-0.25, -0.2) is 4.99 Å². The molecule has 32 heavy (non-hydrogen) atoms. The van der Waals surface area contributed by atoms with Gasteiger partial charge in [-0.15, -0.1) is 0 Å². The molecule has 1 heterocycles. The Bertz CT molecular complexity index is 1010. The molecule has 5 heteroatoms. The highest BCUT2D eigenvalue weighted by molar-refractivity contribution is 6.06. The van der Waals surface area contributed by atoms with E-state index in [0.29, 0.717) is 37.6 Å². The number of hydrogen-bond donors (Lipinski definition) is 1. The molecule has 0 fully saturated rings. The molecule has 5 nitrogen and oxygen atoms in total. The van der Waals surface area contributed by atoms with Crippen LogP contribution < -0.4 is 5.73 Å². The minimum atomic E-state index is -0.795. The average Bonchev–Trinajstić information content (AvgIpc) is 2.90. The SMILES string of the molecule is CC(C)CC1(C)N=C(N)N(Cc2cccc(CC(=O)Cc3ccc(C(C)C)cc3)c2)C1=O. The topological polar surface area (TPSA) is 75.8 Å². The number of carbonyl (C=O) groups excluding carboxylic acids is 2. The predicted octanol–water partition coefficient (Wildman–Crippen LogP) is 4.63. The highest BCUT2D eigenvalue weighted by atomic mass is 16.2. The second-order valence-electron chi connectivity index (χ2n) is 9.84. The fourth-order valence-corrected chi connectivity index (χ4v) is 4.40. The Balaban J connectivity index is 1.64. The quantitative estimate of drug-likeness (QED) is 0.627. The zero-order chi connectivity index (χ0) is 23.5. The largest absolute Gasteiger partial charge is 0.369 e. The maximum atomic E-state index is 13.0. The van der Waals surface area contributed by atoms with Crippen LogP contribution in [0.3, 0.4) is 0 Å². The fraction of sp³-hybridized carbons (Fsp3) is 0.444. The van der Waals surface area contributed by atoms with Gasteiger partial charge < -0.3 is 5.73 Å². The standard InChI is InChI=1S/C27H35N3O2/c1-18(2)16-27(5)25(32)30(26(28)29-27)17-22-8-6-7-21(13-22)15-24(31)14-20-9-11-23(12-10-20)19(3)4/h6-13,18-19H,14-17H2,1-5H3,(H2,28,29). The first kappa shape index (κ1) is 23.7. The van der Waals surface area contributed by atoms with Crippen LogP contribution in [0.4, 0.5) is 0 Å². The van der Waals surface area contributed by atoms with Crippen LogP contribution in [0.1, 0.15) is 69.2 Å². The van der Waals surface area contributed by atoms with Gasteiger partial charge in [-0.1, -0.05) is 76.2 Å². The second kappa shape index (κ2) is 9.68. The Morgan fingerprint density at radius 2 is 1.62 bits per heavy atom. The molecule has 1 unspecified atom stereocenters. The van der Waals surface area contributed by atoms with Crippen molar-refractivity contribution in [1.29, 1.82) is 0 Å². The third-order valence-corrected chi connectivity index (χ3v) is 5.93. The van der Waals surface area contributed by atoms with E-state index in [0.717, 1.165) is 16.7 Å². The van der Waals surface area contributed by atoms with Gasteiger partial charge in [0.2, 0.25) is 0 Å². The lowest BCUT2D eigenvalue weighted by atomic mass is 9.91. The highest BCUT2D eigenvalue weighted by Gasteiger charge is 2.44. The van der Waals surface area contributed by atoms with Crippen LogP contribution in [0, 0.1) is 5.92 Å². The van der Waals surface area contributed by atoms with Gasteiger partial charge in [0.05, 0.1) is 6.54 Å². The third kappa shape index (κ3) is 5.64. The van der Waals surface area contributed by atoms with Crippen LogP contribution in [0.15, 0.2) is 53.5 Å². The van der Waals surface area contributed by atoms with Crippen molar-refractivity contribution in [3.8, 4) is 0 Å². The van der Waals surface area contributed by atoms with Gasteiger partial charge in [-0.3, -0.25) is 14.5 Å². The minimum absolute atomic E-state index is 0.0602. The summed E-state index contributed by atoms with van der Waals surface area (Å²) in [6, 6.07) is 16.1. The zero-order valence-corrected chi connectivity index (χ0v) is 19.9. The van der Waals surface area contributed by atoms with E-state index in [1.54, 1.807) is 4.90 Å². The summed E-state index contributed by atoms with van der Waals surface area (Å²) < 4.78 is 0. The highest BCUT2D eigenvalue weighted by Crippen LogP contribution is 2.29. The van der Waals surface area contributed by atoms with Gasteiger partial charge in [0.25, 0.3) is 5.91 Å². The zero-order valence-electron chi connectivity index (χ0n) is 19.9. The number of guanidine groups is 1. The molecule has 0 spiro atoms. The van der Waals surface area contributed by atoms with Crippen molar-refractivity contribution >= 4 is 17.6 Å². The summed E-state index contributed by atoms with van der Waals surface area (Å²) in [6.45, 7) is 10.7. The van der Waals surface area contributed by atoms with Crippen molar-refractivity contribution in [3.63, 3.8) is 0 Å². The van der Waals surface area contributed by atoms with Crippen LogP contribution in [0.5, 0.6) is 0 Å². The lowest BCUT2D eigenvalue weighted by Crippen LogP contribution is -2.43. The Morgan fingerprint density at radius 1 is 1.00 bits per heavy atom. The summed E-state index contributed by atoms with van der Waals surface area (Å²) in [7, 11) is 0. The molecule has 2 N–H and O–H groups in total. The molecule has 0 bridgehead atoms. The number of rotatable bonds is 9. The number of carbonyl (C=O) groups is 2. The Labute approximate surface area is 191 Å². The molecule has 0 radical (unpaired) electrons. The van der Waals surface area contributed by atoms with Gasteiger partial charge >= 0.3 is 0 Å². The molecule has 0 aromatic heterocycles. The summed E-state index contributed by atoms with van der Waals surface area (Å²) in [6.07, 6.45) is 1.44. The lowest BCUT2D eigenvalue weighted by Gasteiger charge is -2.23. The maximum Gasteiger partial charge on any atom is 0.257 e. The Morgan fingerprint density at radius 3 is 2.25 bits per heavy atom. The fourth-order valence-electron chi connectivity index (χ4n) is 4.40. The predicted molar refractivity (Wildman–Crippen MR) is 129 cm³/mol. The maximum absolute atomic E-state index is 13.0. The number of hydrogen-bond acceptors (Lipinski definition) is 4. The van der Waals surface area contributed by atoms with Crippen LogP contribution in [-0.4, -0.2) is 28.1 Å². The van der Waals surface area contributed by atoms with Gasteiger partial charge in [0.15, 0.2) is 5.96 Å². The molecule has 1 amide bonds. The average molecular weight is 434 g/mol. The van der Waals surface area contributed by atoms with E-state index < -0.39 is 5.54 Å². The third-order valence-electron chi connectivity index (χ3n) is 5.93. The molecule has 2 aromatic carbocycles. The number of Topliss-reactive ketones (excluding diaryl/α,β-unsaturated/α-hetero) is 1. The molecule has 1 aliphatic rings. The van der Waals surface area contributed by atoms with Crippen molar-refractivity contribution in [3.05, 3.63) is 70.8 Å². The smallest absolute Gasteiger partial charge is 0.257 e. The van der Waals surface area contributed by atoms with Crippen molar-refractivity contribution in [2.45, 2.75) is 71.9 Å². The van der Waals surface area contributed by atoms with Crippen LogP contribution in [0.2, 0.25) is 0 Å². The Kier molecular flexibility index (Phi) is 7.17. The molecule has 1 atom stereocenters. The van der Waals surface area contributed by atoms with Crippen LogP contribution in [-0.2, 0) is 29.0 Å². The van der Waals surface area contributed by atoms with E-state index in [4.69, 9.17) is 5.73 Å².